The Morgan fingerprint density at radius 3 is 2.26 bits per heavy atom. The first-order chi connectivity index (χ1) is 12.7. The summed E-state index contributed by atoms with van der Waals surface area (Å²) in [7, 11) is 0. The molecule has 1 fully saturated rings. The lowest BCUT2D eigenvalue weighted by Crippen LogP contribution is -2.33. The quantitative estimate of drug-likeness (QED) is 0.629. The monoisotopic (exact) mass is 400 g/mol. The molecule has 0 aromatic heterocycles. The van der Waals surface area contributed by atoms with Gasteiger partial charge in [-0.3, -0.25) is 4.79 Å². The molecule has 27 heavy (non-hydrogen) atoms. The second kappa shape index (κ2) is 12.7. The zero-order valence-corrected chi connectivity index (χ0v) is 17.5. The van der Waals surface area contributed by atoms with Crippen LogP contribution in [0.4, 0.5) is 0 Å². The molecule has 1 aliphatic heterocycles. The van der Waals surface area contributed by atoms with Crippen molar-refractivity contribution in [2.45, 2.75) is 40.0 Å². The van der Waals surface area contributed by atoms with Crippen molar-refractivity contribution in [1.29, 1.82) is 0 Å². The van der Waals surface area contributed by atoms with Crippen LogP contribution in [0.5, 0.6) is 17.2 Å². The zero-order chi connectivity index (χ0) is 18.8. The number of piperidine rings is 1. The van der Waals surface area contributed by atoms with E-state index in [0.717, 1.165) is 19.5 Å². The number of hydrogen-bond donors (Lipinski definition) is 2. The molecule has 1 aromatic rings. The van der Waals surface area contributed by atoms with Crippen LogP contribution in [0.2, 0.25) is 0 Å². The highest BCUT2D eigenvalue weighted by Gasteiger charge is 2.19. The van der Waals surface area contributed by atoms with Crippen molar-refractivity contribution >= 4 is 18.3 Å². The van der Waals surface area contributed by atoms with Crippen molar-refractivity contribution in [1.82, 2.24) is 10.6 Å². The molecule has 7 heteroatoms. The molecule has 1 saturated heterocycles. The van der Waals surface area contributed by atoms with Gasteiger partial charge in [0.15, 0.2) is 11.5 Å². The zero-order valence-electron chi connectivity index (χ0n) is 16.6. The average Bonchev–Trinajstić information content (AvgIpc) is 2.65. The van der Waals surface area contributed by atoms with Gasteiger partial charge in [-0.15, -0.1) is 12.4 Å². The van der Waals surface area contributed by atoms with Crippen LogP contribution in [0.25, 0.3) is 0 Å². The number of rotatable bonds is 10. The van der Waals surface area contributed by atoms with Crippen LogP contribution in [0.3, 0.4) is 0 Å². The highest BCUT2D eigenvalue weighted by Crippen LogP contribution is 2.39. The Morgan fingerprint density at radius 1 is 1.11 bits per heavy atom. The molecule has 0 radical (unpaired) electrons. The fourth-order valence-corrected chi connectivity index (χ4v) is 3.18. The summed E-state index contributed by atoms with van der Waals surface area (Å²) in [6.07, 6.45) is 3.44. The molecule has 0 aliphatic carbocycles. The van der Waals surface area contributed by atoms with Gasteiger partial charge in [-0.25, -0.2) is 0 Å². The molecule has 2 rings (SSSR count). The third kappa shape index (κ3) is 7.11. The lowest BCUT2D eigenvalue weighted by atomic mass is 9.96. The van der Waals surface area contributed by atoms with Gasteiger partial charge in [-0.1, -0.05) is 0 Å². The third-order valence-electron chi connectivity index (χ3n) is 4.41. The van der Waals surface area contributed by atoms with Crippen LogP contribution >= 0.6 is 12.4 Å². The first kappa shape index (κ1) is 23.4. The molecule has 6 nitrogen and oxygen atoms in total. The fourth-order valence-electron chi connectivity index (χ4n) is 3.18. The number of hydrogen-bond acceptors (Lipinski definition) is 5. The van der Waals surface area contributed by atoms with E-state index in [1.54, 1.807) is 12.1 Å². The molecule has 0 bridgehead atoms. The molecule has 1 aliphatic rings. The molecule has 1 aromatic carbocycles. The lowest BCUT2D eigenvalue weighted by molar-refractivity contribution is 0.0949. The highest BCUT2D eigenvalue weighted by atomic mass is 35.5. The Bertz CT molecular complexity index is 550. The van der Waals surface area contributed by atoms with Crippen LogP contribution in [0.15, 0.2) is 12.1 Å². The smallest absolute Gasteiger partial charge is 0.251 e. The van der Waals surface area contributed by atoms with Crippen LogP contribution in [0.1, 0.15) is 50.4 Å². The third-order valence-corrected chi connectivity index (χ3v) is 4.41. The average molecular weight is 401 g/mol. The van der Waals surface area contributed by atoms with E-state index < -0.39 is 0 Å². The maximum absolute atomic E-state index is 12.6. The van der Waals surface area contributed by atoms with E-state index >= 15 is 0 Å². The maximum atomic E-state index is 12.6. The summed E-state index contributed by atoms with van der Waals surface area (Å²) in [5.41, 5.74) is 0.530. The van der Waals surface area contributed by atoms with Gasteiger partial charge in [0.2, 0.25) is 5.75 Å². The van der Waals surface area contributed by atoms with E-state index in [0.29, 0.717) is 55.1 Å². The van der Waals surface area contributed by atoms with Crippen molar-refractivity contribution in [2.75, 3.05) is 39.5 Å². The van der Waals surface area contributed by atoms with E-state index in [1.807, 2.05) is 20.8 Å². The Kier molecular flexibility index (Phi) is 11.0. The van der Waals surface area contributed by atoms with E-state index in [9.17, 15) is 4.79 Å². The van der Waals surface area contributed by atoms with Crippen molar-refractivity contribution in [3.05, 3.63) is 17.7 Å². The Balaban J connectivity index is 0.00000364. The lowest BCUT2D eigenvalue weighted by Gasteiger charge is -2.22. The summed E-state index contributed by atoms with van der Waals surface area (Å²) in [5.74, 6) is 2.17. The maximum Gasteiger partial charge on any atom is 0.251 e. The summed E-state index contributed by atoms with van der Waals surface area (Å²) in [6.45, 7) is 10.0. The molecular weight excluding hydrogens is 368 g/mol. The minimum Gasteiger partial charge on any atom is -0.490 e. The number of nitrogens with one attached hydrogen (secondary N) is 2. The molecule has 0 saturated carbocycles. The summed E-state index contributed by atoms with van der Waals surface area (Å²) in [6, 6.07) is 3.46. The number of halogens is 1. The van der Waals surface area contributed by atoms with Gasteiger partial charge in [-0.2, -0.15) is 0 Å². The van der Waals surface area contributed by atoms with E-state index in [-0.39, 0.29) is 18.3 Å². The summed E-state index contributed by atoms with van der Waals surface area (Å²) in [5, 5.41) is 6.42. The van der Waals surface area contributed by atoms with E-state index in [1.165, 1.54) is 12.8 Å². The van der Waals surface area contributed by atoms with Gasteiger partial charge in [0.1, 0.15) is 0 Å². The van der Waals surface area contributed by atoms with E-state index in [4.69, 9.17) is 14.2 Å². The minimum absolute atomic E-state index is 0. The van der Waals surface area contributed by atoms with Crippen LogP contribution in [-0.2, 0) is 0 Å². The number of benzene rings is 1. The second-order valence-electron chi connectivity index (χ2n) is 6.36. The van der Waals surface area contributed by atoms with Crippen molar-refractivity contribution in [2.24, 2.45) is 5.92 Å². The van der Waals surface area contributed by atoms with Gasteiger partial charge in [0.25, 0.3) is 5.91 Å². The molecular formula is C20H33ClN2O4. The normalized spacial score (nSPS) is 16.2. The molecule has 1 unspecified atom stereocenters. The van der Waals surface area contributed by atoms with Crippen LogP contribution < -0.4 is 24.8 Å². The highest BCUT2D eigenvalue weighted by molar-refractivity contribution is 5.95. The summed E-state index contributed by atoms with van der Waals surface area (Å²) < 4.78 is 17.0. The van der Waals surface area contributed by atoms with Crippen molar-refractivity contribution in [3.8, 4) is 17.2 Å². The van der Waals surface area contributed by atoms with Crippen molar-refractivity contribution < 1.29 is 19.0 Å². The molecule has 2 N–H and O–H groups in total. The molecule has 1 amide bonds. The standard InChI is InChI=1S/C20H32N2O4.ClH/c1-4-24-17-12-16(13-18(25-5-2)19(17)26-6-3)20(23)22-11-9-15-8-7-10-21-14-15;/h12-13,15,21H,4-11,14H2,1-3H3,(H,22,23);1H. The number of amides is 1. The fraction of sp³-hybridized carbons (Fsp3) is 0.650. The molecule has 154 valence electrons. The first-order valence-corrected chi connectivity index (χ1v) is 9.74. The Morgan fingerprint density at radius 2 is 1.74 bits per heavy atom. The first-order valence-electron chi connectivity index (χ1n) is 9.74. The summed E-state index contributed by atoms with van der Waals surface area (Å²) >= 11 is 0. The molecule has 1 heterocycles. The van der Waals surface area contributed by atoms with Gasteiger partial charge < -0.3 is 24.8 Å². The van der Waals surface area contributed by atoms with Crippen LogP contribution in [-0.4, -0.2) is 45.4 Å². The number of carbonyl (C=O) groups excluding carboxylic acids is 1. The van der Waals surface area contributed by atoms with Gasteiger partial charge in [-0.05, 0) is 71.2 Å². The van der Waals surface area contributed by atoms with Gasteiger partial charge >= 0.3 is 0 Å². The Hall–Kier alpha value is -1.66. The Labute approximate surface area is 168 Å². The van der Waals surface area contributed by atoms with E-state index in [2.05, 4.69) is 10.6 Å². The molecule has 1 atom stereocenters. The second-order valence-corrected chi connectivity index (χ2v) is 6.36. The van der Waals surface area contributed by atoms with Gasteiger partial charge in [0, 0.05) is 12.1 Å². The summed E-state index contributed by atoms with van der Waals surface area (Å²) in [4.78, 5) is 12.6. The predicted molar refractivity (Wildman–Crippen MR) is 110 cm³/mol. The number of ether oxygens (including phenoxy) is 3. The SMILES string of the molecule is CCOc1cc(C(=O)NCCC2CCCNC2)cc(OCC)c1OCC.Cl. The van der Waals surface area contributed by atoms with Crippen LogP contribution in [0, 0.1) is 5.92 Å². The number of carbonyl (C=O) groups is 1. The predicted octanol–water partition coefficient (Wildman–Crippen LogP) is 3.42. The molecule has 0 spiro atoms. The minimum atomic E-state index is -0.112. The van der Waals surface area contributed by atoms with Gasteiger partial charge in [0.05, 0.1) is 19.8 Å². The van der Waals surface area contributed by atoms with Crippen molar-refractivity contribution in [3.63, 3.8) is 0 Å². The largest absolute Gasteiger partial charge is 0.490 e. The topological polar surface area (TPSA) is 68.8 Å².